The number of para-hydroxylation sites is 1. The fourth-order valence-electron chi connectivity index (χ4n) is 2.37. The molecule has 21 heavy (non-hydrogen) atoms. The molecule has 0 saturated heterocycles. The lowest BCUT2D eigenvalue weighted by Crippen LogP contribution is -2.19. The molecule has 1 unspecified atom stereocenters. The maximum Gasteiger partial charge on any atom is 0.165 e. The zero-order chi connectivity index (χ0) is 15.1. The van der Waals surface area contributed by atoms with Gasteiger partial charge in [0.1, 0.15) is 0 Å². The molecule has 0 fully saturated rings. The normalized spacial score (nSPS) is 12.1. The lowest BCUT2D eigenvalue weighted by molar-refractivity contribution is 0.308. The zero-order valence-corrected chi connectivity index (χ0v) is 13.7. The highest BCUT2D eigenvalue weighted by Crippen LogP contribution is 2.31. The molecule has 1 atom stereocenters. The van der Waals surface area contributed by atoms with E-state index in [1.165, 1.54) is 4.88 Å². The van der Waals surface area contributed by atoms with Crippen molar-refractivity contribution in [2.24, 2.45) is 0 Å². The third-order valence-electron chi connectivity index (χ3n) is 3.40. The Morgan fingerprint density at radius 1 is 1.19 bits per heavy atom. The van der Waals surface area contributed by atoms with Gasteiger partial charge in [0.05, 0.1) is 13.7 Å². The first-order valence-electron chi connectivity index (χ1n) is 7.35. The van der Waals surface area contributed by atoms with Crippen LogP contribution in [0.4, 0.5) is 0 Å². The van der Waals surface area contributed by atoms with E-state index in [0.717, 1.165) is 30.0 Å². The minimum absolute atomic E-state index is 0.380. The van der Waals surface area contributed by atoms with Crippen molar-refractivity contribution in [2.75, 3.05) is 13.7 Å². The van der Waals surface area contributed by atoms with Crippen molar-refractivity contribution in [1.82, 2.24) is 5.32 Å². The highest BCUT2D eigenvalue weighted by Gasteiger charge is 2.13. The van der Waals surface area contributed by atoms with Gasteiger partial charge < -0.3 is 14.8 Å². The number of methoxy groups -OCH3 is 1. The van der Waals surface area contributed by atoms with Crippen LogP contribution in [0, 0.1) is 0 Å². The molecule has 3 nitrogen and oxygen atoms in total. The number of hydrogen-bond donors (Lipinski definition) is 1. The monoisotopic (exact) mass is 305 g/mol. The van der Waals surface area contributed by atoms with Crippen LogP contribution in [0.2, 0.25) is 0 Å². The lowest BCUT2D eigenvalue weighted by atomic mass is 10.1. The third kappa shape index (κ3) is 3.99. The maximum atomic E-state index is 5.62. The summed E-state index contributed by atoms with van der Waals surface area (Å²) >= 11 is 1.79. The molecule has 0 spiro atoms. The number of hydrogen-bond acceptors (Lipinski definition) is 4. The zero-order valence-electron chi connectivity index (χ0n) is 12.9. The van der Waals surface area contributed by atoms with Gasteiger partial charge in [-0.15, -0.1) is 11.3 Å². The fourth-order valence-corrected chi connectivity index (χ4v) is 3.26. The lowest BCUT2D eigenvalue weighted by Gasteiger charge is -2.18. The summed E-state index contributed by atoms with van der Waals surface area (Å²) in [7, 11) is 1.69. The van der Waals surface area contributed by atoms with Crippen LogP contribution < -0.4 is 14.8 Å². The standard InChI is InChI=1S/C17H23NO2S/c1-4-14(16-10-7-11-21-16)18-12-13-8-6-9-15(20-5-2)17(13)19-3/h6-11,14,18H,4-5,12H2,1-3H3. The highest BCUT2D eigenvalue weighted by atomic mass is 32.1. The van der Waals surface area contributed by atoms with Gasteiger partial charge in [-0.2, -0.15) is 0 Å². The number of benzene rings is 1. The molecule has 2 rings (SSSR count). The summed E-state index contributed by atoms with van der Waals surface area (Å²) in [5.41, 5.74) is 1.12. The van der Waals surface area contributed by atoms with E-state index in [2.05, 4.69) is 35.8 Å². The third-order valence-corrected chi connectivity index (χ3v) is 4.38. The van der Waals surface area contributed by atoms with Crippen molar-refractivity contribution >= 4 is 11.3 Å². The highest BCUT2D eigenvalue weighted by molar-refractivity contribution is 7.10. The summed E-state index contributed by atoms with van der Waals surface area (Å²) in [6, 6.07) is 10.7. The van der Waals surface area contributed by atoms with Crippen LogP contribution in [-0.2, 0) is 6.54 Å². The second kappa shape index (κ2) is 8.05. The fraction of sp³-hybridized carbons (Fsp3) is 0.412. The Hall–Kier alpha value is -1.52. The van der Waals surface area contributed by atoms with Crippen LogP contribution in [0.25, 0.3) is 0 Å². The number of thiophene rings is 1. The summed E-state index contributed by atoms with van der Waals surface area (Å²) < 4.78 is 11.1. The molecule has 0 amide bonds. The number of nitrogens with one attached hydrogen (secondary N) is 1. The number of rotatable bonds is 8. The molecule has 4 heteroatoms. The van der Waals surface area contributed by atoms with Crippen LogP contribution in [0.15, 0.2) is 35.7 Å². The van der Waals surface area contributed by atoms with E-state index in [1.54, 1.807) is 18.4 Å². The van der Waals surface area contributed by atoms with Crippen molar-refractivity contribution in [3.63, 3.8) is 0 Å². The van der Waals surface area contributed by atoms with Gasteiger partial charge in [-0.3, -0.25) is 0 Å². The van der Waals surface area contributed by atoms with Crippen LogP contribution in [0.5, 0.6) is 11.5 Å². The molecule has 1 aromatic carbocycles. The molecule has 0 aliphatic heterocycles. The van der Waals surface area contributed by atoms with Gasteiger partial charge in [-0.05, 0) is 30.9 Å². The smallest absolute Gasteiger partial charge is 0.165 e. The second-order valence-corrected chi connectivity index (χ2v) is 5.72. The minimum atomic E-state index is 0.380. The Labute approximate surface area is 130 Å². The van der Waals surface area contributed by atoms with Crippen molar-refractivity contribution in [2.45, 2.75) is 32.9 Å². The summed E-state index contributed by atoms with van der Waals surface area (Å²) in [6.45, 7) is 5.58. The maximum absolute atomic E-state index is 5.62. The molecule has 0 aliphatic rings. The van der Waals surface area contributed by atoms with E-state index in [-0.39, 0.29) is 0 Å². The van der Waals surface area contributed by atoms with E-state index in [1.807, 2.05) is 19.1 Å². The second-order valence-electron chi connectivity index (χ2n) is 4.74. The van der Waals surface area contributed by atoms with Gasteiger partial charge in [0.15, 0.2) is 11.5 Å². The predicted molar refractivity (Wildman–Crippen MR) is 88.4 cm³/mol. The molecule has 1 aromatic heterocycles. The molecule has 1 N–H and O–H groups in total. The Morgan fingerprint density at radius 2 is 2.05 bits per heavy atom. The SMILES string of the molecule is CCOc1cccc(CNC(CC)c2cccs2)c1OC. The minimum Gasteiger partial charge on any atom is -0.493 e. The average molecular weight is 305 g/mol. The average Bonchev–Trinajstić information content (AvgIpc) is 3.03. The molecule has 0 bridgehead atoms. The molecule has 0 aliphatic carbocycles. The van der Waals surface area contributed by atoms with Gasteiger partial charge in [0, 0.05) is 23.0 Å². The molecule has 1 heterocycles. The molecule has 2 aromatic rings. The first-order valence-corrected chi connectivity index (χ1v) is 8.23. The van der Waals surface area contributed by atoms with E-state index >= 15 is 0 Å². The van der Waals surface area contributed by atoms with E-state index in [0.29, 0.717) is 12.6 Å². The van der Waals surface area contributed by atoms with Crippen LogP contribution >= 0.6 is 11.3 Å². The van der Waals surface area contributed by atoms with Crippen molar-refractivity contribution in [3.05, 3.63) is 46.2 Å². The van der Waals surface area contributed by atoms with E-state index in [9.17, 15) is 0 Å². The topological polar surface area (TPSA) is 30.5 Å². The summed E-state index contributed by atoms with van der Waals surface area (Å²) in [6.07, 6.45) is 1.06. The van der Waals surface area contributed by atoms with Crippen molar-refractivity contribution in [1.29, 1.82) is 0 Å². The molecule has 0 radical (unpaired) electrons. The molecular formula is C17H23NO2S. The van der Waals surface area contributed by atoms with Crippen molar-refractivity contribution < 1.29 is 9.47 Å². The van der Waals surface area contributed by atoms with E-state index in [4.69, 9.17) is 9.47 Å². The van der Waals surface area contributed by atoms with Gasteiger partial charge in [0.25, 0.3) is 0 Å². The first-order chi connectivity index (χ1) is 10.3. The van der Waals surface area contributed by atoms with Crippen LogP contribution in [-0.4, -0.2) is 13.7 Å². The van der Waals surface area contributed by atoms with Gasteiger partial charge in [-0.25, -0.2) is 0 Å². The number of ether oxygens (including phenoxy) is 2. The summed E-state index contributed by atoms with van der Waals surface area (Å²) in [5, 5.41) is 5.73. The molecule has 114 valence electrons. The largest absolute Gasteiger partial charge is 0.493 e. The summed E-state index contributed by atoms with van der Waals surface area (Å²) in [4.78, 5) is 1.37. The van der Waals surface area contributed by atoms with Gasteiger partial charge in [0.2, 0.25) is 0 Å². The van der Waals surface area contributed by atoms with Crippen LogP contribution in [0.3, 0.4) is 0 Å². The molecular weight excluding hydrogens is 282 g/mol. The summed E-state index contributed by atoms with van der Waals surface area (Å²) in [5.74, 6) is 1.64. The Morgan fingerprint density at radius 3 is 2.67 bits per heavy atom. The van der Waals surface area contributed by atoms with Gasteiger partial charge in [-0.1, -0.05) is 25.1 Å². The first kappa shape index (κ1) is 15.9. The van der Waals surface area contributed by atoms with E-state index < -0.39 is 0 Å². The predicted octanol–water partition coefficient (Wildman–Crippen LogP) is 4.40. The van der Waals surface area contributed by atoms with Gasteiger partial charge >= 0.3 is 0 Å². The van der Waals surface area contributed by atoms with Crippen LogP contribution in [0.1, 0.15) is 36.8 Å². The van der Waals surface area contributed by atoms with Crippen molar-refractivity contribution in [3.8, 4) is 11.5 Å². The Balaban J connectivity index is 2.10. The Bertz CT molecular complexity index is 540. The Kier molecular flexibility index (Phi) is 6.08. The quantitative estimate of drug-likeness (QED) is 0.784. The molecule has 0 saturated carbocycles.